The summed E-state index contributed by atoms with van der Waals surface area (Å²) in [7, 11) is 0. The summed E-state index contributed by atoms with van der Waals surface area (Å²) in [6, 6.07) is 0. The molecule has 208 valence electrons. The van der Waals surface area contributed by atoms with Crippen LogP contribution in [0, 0.1) is 11.8 Å². The molecule has 0 saturated heterocycles. The van der Waals surface area contributed by atoms with Gasteiger partial charge in [0.25, 0.3) is 0 Å². The normalized spacial score (nSPS) is 11.4. The van der Waals surface area contributed by atoms with Crippen LogP contribution in [0.15, 0.2) is 0 Å². The zero-order valence-corrected chi connectivity index (χ0v) is 23.0. The third-order valence-electron chi connectivity index (χ3n) is 5.33. The van der Waals surface area contributed by atoms with Gasteiger partial charge >= 0.3 is 11.9 Å². The number of hydrogen-bond donors (Lipinski definition) is 2. The molecule has 0 aromatic carbocycles. The number of hydrogen-bond acceptors (Lipinski definition) is 8. The molecule has 0 aliphatic rings. The van der Waals surface area contributed by atoms with Gasteiger partial charge in [0.2, 0.25) is 0 Å². The molecule has 0 radical (unpaired) electrons. The minimum Gasteiger partial charge on any atom is -0.466 e. The van der Waals surface area contributed by atoms with Crippen molar-refractivity contribution in [2.24, 2.45) is 11.8 Å². The third kappa shape index (κ3) is 28.9. The number of esters is 2. The smallest absolute Gasteiger partial charge is 0.305 e. The van der Waals surface area contributed by atoms with Gasteiger partial charge in [-0.3, -0.25) is 9.59 Å². The Morgan fingerprint density at radius 2 is 1.03 bits per heavy atom. The van der Waals surface area contributed by atoms with Crippen molar-refractivity contribution >= 4 is 11.9 Å². The van der Waals surface area contributed by atoms with Crippen LogP contribution in [-0.2, 0) is 28.5 Å². The van der Waals surface area contributed by atoms with Gasteiger partial charge in [-0.1, -0.05) is 27.7 Å². The van der Waals surface area contributed by atoms with E-state index in [-0.39, 0.29) is 11.9 Å². The molecule has 0 spiro atoms. The van der Waals surface area contributed by atoms with Crippen molar-refractivity contribution in [2.45, 2.75) is 85.5 Å². The summed E-state index contributed by atoms with van der Waals surface area (Å²) in [6.45, 7) is 15.5. The summed E-state index contributed by atoms with van der Waals surface area (Å²) < 4.78 is 21.5. The Hall–Kier alpha value is -1.22. The van der Waals surface area contributed by atoms with Crippen LogP contribution in [0.5, 0.6) is 0 Å². The number of nitrogens with one attached hydrogen (secondary N) is 2. The maximum Gasteiger partial charge on any atom is 0.305 e. The van der Waals surface area contributed by atoms with E-state index in [0.717, 1.165) is 71.1 Å². The molecule has 0 aliphatic heterocycles. The minimum atomic E-state index is -0.0889. The summed E-state index contributed by atoms with van der Waals surface area (Å²) in [6.07, 6.45) is 7.59. The number of carbonyl (C=O) groups is 2. The van der Waals surface area contributed by atoms with E-state index in [4.69, 9.17) is 18.9 Å². The number of ether oxygens (including phenoxy) is 4. The molecule has 0 bridgehead atoms. The predicted octanol–water partition coefficient (Wildman–Crippen LogP) is 4.11. The minimum absolute atomic E-state index is 0.0817. The maximum absolute atomic E-state index is 11.6. The summed E-state index contributed by atoms with van der Waals surface area (Å²) in [4.78, 5) is 23.2. The highest BCUT2D eigenvalue weighted by Crippen LogP contribution is 2.05. The van der Waals surface area contributed by atoms with Gasteiger partial charge < -0.3 is 29.6 Å². The van der Waals surface area contributed by atoms with Gasteiger partial charge in [-0.15, -0.1) is 0 Å². The second-order valence-electron chi connectivity index (χ2n) is 9.80. The van der Waals surface area contributed by atoms with Gasteiger partial charge in [0, 0.05) is 25.9 Å². The van der Waals surface area contributed by atoms with Crippen LogP contribution in [0.4, 0.5) is 0 Å². The van der Waals surface area contributed by atoms with Gasteiger partial charge in [-0.2, -0.15) is 0 Å². The zero-order chi connectivity index (χ0) is 26.0. The van der Waals surface area contributed by atoms with E-state index >= 15 is 0 Å². The Morgan fingerprint density at radius 3 is 1.51 bits per heavy atom. The lowest BCUT2D eigenvalue weighted by molar-refractivity contribution is -0.144. The number of unbranched alkanes of at least 4 members (excludes halogenated alkanes) is 2. The monoisotopic (exact) mass is 502 g/mol. The van der Waals surface area contributed by atoms with E-state index in [1.807, 2.05) is 0 Å². The molecule has 0 heterocycles. The van der Waals surface area contributed by atoms with E-state index in [2.05, 4.69) is 38.3 Å². The maximum atomic E-state index is 11.6. The largest absolute Gasteiger partial charge is 0.466 e. The topological polar surface area (TPSA) is 95.1 Å². The average Bonchev–Trinajstić information content (AvgIpc) is 2.80. The van der Waals surface area contributed by atoms with Crippen LogP contribution >= 0.6 is 0 Å². The fourth-order valence-corrected chi connectivity index (χ4v) is 3.13. The molecule has 8 heteroatoms. The second kappa shape index (κ2) is 25.9. The fourth-order valence-electron chi connectivity index (χ4n) is 3.13. The summed E-state index contributed by atoms with van der Waals surface area (Å²) in [5.74, 6) is 1.05. The van der Waals surface area contributed by atoms with Crippen molar-refractivity contribution in [3.05, 3.63) is 0 Å². The van der Waals surface area contributed by atoms with E-state index in [1.165, 1.54) is 0 Å². The van der Waals surface area contributed by atoms with Crippen LogP contribution in [0.3, 0.4) is 0 Å². The Balaban J connectivity index is 3.18. The molecule has 0 aromatic heterocycles. The molecule has 0 aliphatic carbocycles. The van der Waals surface area contributed by atoms with Crippen molar-refractivity contribution in [1.29, 1.82) is 0 Å². The van der Waals surface area contributed by atoms with Crippen LogP contribution in [-0.4, -0.2) is 77.8 Å². The molecule has 8 nitrogen and oxygen atoms in total. The highest BCUT2D eigenvalue weighted by Gasteiger charge is 2.04. The van der Waals surface area contributed by atoms with Gasteiger partial charge in [0.15, 0.2) is 0 Å². The fraction of sp³-hybridized carbons (Fsp3) is 0.926. The quantitative estimate of drug-likeness (QED) is 0.135. The molecular formula is C27H54N2O6. The van der Waals surface area contributed by atoms with E-state index in [0.29, 0.717) is 64.3 Å². The molecular weight excluding hydrogens is 448 g/mol. The zero-order valence-electron chi connectivity index (χ0n) is 23.0. The molecule has 0 rings (SSSR count). The molecule has 0 aromatic rings. The average molecular weight is 503 g/mol. The second-order valence-corrected chi connectivity index (χ2v) is 9.80. The van der Waals surface area contributed by atoms with E-state index in [1.54, 1.807) is 0 Å². The number of rotatable bonds is 26. The van der Waals surface area contributed by atoms with Gasteiger partial charge in [-0.25, -0.2) is 0 Å². The first-order valence-corrected chi connectivity index (χ1v) is 13.8. The van der Waals surface area contributed by atoms with Crippen molar-refractivity contribution < 1.29 is 28.5 Å². The van der Waals surface area contributed by atoms with Crippen LogP contribution < -0.4 is 10.6 Å². The van der Waals surface area contributed by atoms with E-state index < -0.39 is 0 Å². The molecule has 2 N–H and O–H groups in total. The van der Waals surface area contributed by atoms with Crippen molar-refractivity contribution in [3.8, 4) is 0 Å². The molecule has 0 atom stereocenters. The lowest BCUT2D eigenvalue weighted by Gasteiger charge is -2.08. The first kappa shape index (κ1) is 33.8. The highest BCUT2D eigenvalue weighted by molar-refractivity contribution is 5.69. The van der Waals surface area contributed by atoms with E-state index in [9.17, 15) is 9.59 Å². The summed E-state index contributed by atoms with van der Waals surface area (Å²) >= 11 is 0. The lowest BCUT2D eigenvalue weighted by Crippen LogP contribution is -2.23. The van der Waals surface area contributed by atoms with Gasteiger partial charge in [0.05, 0.1) is 39.6 Å². The Bertz CT molecular complexity index is 488. The highest BCUT2D eigenvalue weighted by atomic mass is 16.5. The third-order valence-corrected chi connectivity index (χ3v) is 5.33. The standard InChI is InChI=1S/C27H54N2O6/c1-24(2)10-9-18-34-26(30)11-5-7-14-28-16-20-32-22-23-33-21-17-29-15-8-6-12-27(31)35-19-13-25(3)4/h24-25,28-29H,5-23H2,1-4H3. The summed E-state index contributed by atoms with van der Waals surface area (Å²) in [5.41, 5.74) is 0. The Morgan fingerprint density at radius 1 is 0.543 bits per heavy atom. The van der Waals surface area contributed by atoms with Crippen molar-refractivity contribution in [2.75, 3.05) is 65.8 Å². The first-order chi connectivity index (χ1) is 16.9. The Kier molecular flexibility index (Phi) is 25.0. The van der Waals surface area contributed by atoms with Crippen molar-refractivity contribution in [1.82, 2.24) is 10.6 Å². The van der Waals surface area contributed by atoms with Crippen molar-refractivity contribution in [3.63, 3.8) is 0 Å². The molecule has 0 fully saturated rings. The van der Waals surface area contributed by atoms with Crippen LogP contribution in [0.1, 0.15) is 85.5 Å². The molecule has 0 saturated carbocycles. The van der Waals surface area contributed by atoms with Crippen LogP contribution in [0.2, 0.25) is 0 Å². The predicted molar refractivity (Wildman–Crippen MR) is 141 cm³/mol. The summed E-state index contributed by atoms with van der Waals surface area (Å²) in [5, 5.41) is 6.64. The molecule has 0 unspecified atom stereocenters. The van der Waals surface area contributed by atoms with Crippen LogP contribution in [0.25, 0.3) is 0 Å². The Labute approximate surface area is 214 Å². The van der Waals surface area contributed by atoms with Gasteiger partial charge in [0.1, 0.15) is 0 Å². The molecule has 35 heavy (non-hydrogen) atoms. The SMILES string of the molecule is CC(C)CCCOC(=O)CCCCNCCOCCOCCNCCCCC(=O)OCCC(C)C. The lowest BCUT2D eigenvalue weighted by atomic mass is 10.1. The molecule has 0 amide bonds. The number of carbonyl (C=O) groups excluding carboxylic acids is 2. The first-order valence-electron chi connectivity index (χ1n) is 13.8. The van der Waals surface area contributed by atoms with Gasteiger partial charge in [-0.05, 0) is 69.9 Å².